The van der Waals surface area contributed by atoms with Crippen LogP contribution in [0, 0.1) is 0 Å². The first-order valence-electron chi connectivity index (χ1n) is 7.10. The molecule has 108 valence electrons. The third-order valence-electron chi connectivity index (χ3n) is 4.27. The van der Waals surface area contributed by atoms with Crippen LogP contribution < -0.4 is 10.2 Å². The summed E-state index contributed by atoms with van der Waals surface area (Å²) in [7, 11) is 1.39. The van der Waals surface area contributed by atoms with Gasteiger partial charge in [0.2, 0.25) is 0 Å². The highest BCUT2D eigenvalue weighted by Crippen LogP contribution is 2.37. The van der Waals surface area contributed by atoms with Crippen LogP contribution in [0.3, 0.4) is 0 Å². The predicted octanol–water partition coefficient (Wildman–Crippen LogP) is 1.97. The second kappa shape index (κ2) is 5.32. The summed E-state index contributed by atoms with van der Waals surface area (Å²) < 4.78 is 4.74. The summed E-state index contributed by atoms with van der Waals surface area (Å²) in [5.41, 5.74) is 2.69. The molecule has 0 radical (unpaired) electrons. The van der Waals surface area contributed by atoms with Crippen LogP contribution in [0.25, 0.3) is 0 Å². The van der Waals surface area contributed by atoms with Crippen LogP contribution >= 0.6 is 0 Å². The van der Waals surface area contributed by atoms with Gasteiger partial charge >= 0.3 is 5.97 Å². The molecule has 0 aromatic heterocycles. The van der Waals surface area contributed by atoms with E-state index in [-0.39, 0.29) is 12.1 Å². The summed E-state index contributed by atoms with van der Waals surface area (Å²) >= 11 is 0. The second-order valence-electron chi connectivity index (χ2n) is 5.49. The first kappa shape index (κ1) is 13.2. The van der Waals surface area contributed by atoms with Gasteiger partial charge in [0, 0.05) is 6.04 Å². The average molecular weight is 276 g/mol. The van der Waals surface area contributed by atoms with Gasteiger partial charge in [0.15, 0.2) is 0 Å². The fraction of sp³-hybridized carbons (Fsp3) is 0.533. The largest absolute Gasteiger partial charge is 0.465 e. The number of hydrogen-bond donors (Lipinski definition) is 2. The average Bonchev–Trinajstić information content (AvgIpc) is 2.90. The number of methoxy groups -OCH3 is 1. The molecule has 0 amide bonds. The number of nitrogens with zero attached hydrogens (tertiary/aromatic N) is 1. The number of fused-ring (bicyclic) bond motifs is 1. The van der Waals surface area contributed by atoms with Crippen LogP contribution in [0.4, 0.5) is 11.4 Å². The SMILES string of the molecule is COC(=O)c1ccc2c(c1)NCN2C1CCC(O)CC1. The van der Waals surface area contributed by atoms with Crippen molar-refractivity contribution in [2.45, 2.75) is 37.8 Å². The van der Waals surface area contributed by atoms with Crippen LogP contribution in [0.5, 0.6) is 0 Å². The molecule has 1 fully saturated rings. The van der Waals surface area contributed by atoms with Gasteiger partial charge in [-0.1, -0.05) is 0 Å². The van der Waals surface area contributed by atoms with Crippen molar-refractivity contribution in [1.82, 2.24) is 0 Å². The zero-order valence-corrected chi connectivity index (χ0v) is 11.6. The lowest BCUT2D eigenvalue weighted by Crippen LogP contribution is -2.38. The molecule has 0 saturated heterocycles. The Morgan fingerprint density at radius 1 is 1.35 bits per heavy atom. The Bertz CT molecular complexity index is 510. The van der Waals surface area contributed by atoms with Crippen molar-refractivity contribution in [2.75, 3.05) is 24.0 Å². The number of hydrogen-bond acceptors (Lipinski definition) is 5. The number of rotatable bonds is 2. The number of aliphatic hydroxyl groups excluding tert-OH is 1. The maximum absolute atomic E-state index is 11.5. The van der Waals surface area contributed by atoms with Gasteiger partial charge < -0.3 is 20.1 Å². The monoisotopic (exact) mass is 276 g/mol. The Labute approximate surface area is 118 Å². The van der Waals surface area contributed by atoms with Gasteiger partial charge in [-0.2, -0.15) is 0 Å². The van der Waals surface area contributed by atoms with Crippen molar-refractivity contribution in [3.63, 3.8) is 0 Å². The molecular formula is C15H20N2O3. The molecule has 2 N–H and O–H groups in total. The van der Waals surface area contributed by atoms with Crippen LogP contribution in [-0.4, -0.2) is 37.0 Å². The van der Waals surface area contributed by atoms with Gasteiger partial charge in [-0.3, -0.25) is 0 Å². The van der Waals surface area contributed by atoms with E-state index >= 15 is 0 Å². The summed E-state index contributed by atoms with van der Waals surface area (Å²) in [5, 5.41) is 12.9. The molecule has 1 heterocycles. The summed E-state index contributed by atoms with van der Waals surface area (Å²) in [5.74, 6) is -0.311. The van der Waals surface area contributed by atoms with Gasteiger partial charge in [-0.25, -0.2) is 4.79 Å². The molecule has 1 aromatic carbocycles. The van der Waals surface area contributed by atoms with Crippen LogP contribution in [-0.2, 0) is 4.74 Å². The summed E-state index contributed by atoms with van der Waals surface area (Å²) in [4.78, 5) is 13.9. The molecule has 0 unspecified atom stereocenters. The Balaban J connectivity index is 1.78. The third-order valence-corrected chi connectivity index (χ3v) is 4.27. The van der Waals surface area contributed by atoms with Gasteiger partial charge in [-0.15, -0.1) is 0 Å². The molecule has 1 saturated carbocycles. The molecule has 5 heteroatoms. The Kier molecular flexibility index (Phi) is 3.53. The predicted molar refractivity (Wildman–Crippen MR) is 77.0 cm³/mol. The normalized spacial score (nSPS) is 25.0. The minimum Gasteiger partial charge on any atom is -0.465 e. The molecule has 3 rings (SSSR count). The lowest BCUT2D eigenvalue weighted by molar-refractivity contribution is 0.0601. The van der Waals surface area contributed by atoms with E-state index in [1.54, 1.807) is 0 Å². The molecule has 2 aliphatic rings. The second-order valence-corrected chi connectivity index (χ2v) is 5.49. The number of carbonyl (C=O) groups is 1. The smallest absolute Gasteiger partial charge is 0.337 e. The van der Waals surface area contributed by atoms with Crippen molar-refractivity contribution in [2.24, 2.45) is 0 Å². The maximum Gasteiger partial charge on any atom is 0.337 e. The molecular weight excluding hydrogens is 256 g/mol. The highest BCUT2D eigenvalue weighted by Gasteiger charge is 2.29. The van der Waals surface area contributed by atoms with Gasteiger partial charge in [0.05, 0.1) is 36.8 Å². The maximum atomic E-state index is 11.5. The number of nitrogens with one attached hydrogen (secondary N) is 1. The molecule has 5 nitrogen and oxygen atoms in total. The topological polar surface area (TPSA) is 61.8 Å². The molecule has 0 bridgehead atoms. The molecule has 20 heavy (non-hydrogen) atoms. The molecule has 0 spiro atoms. The third kappa shape index (κ3) is 2.33. The number of esters is 1. The van der Waals surface area contributed by atoms with Crippen molar-refractivity contribution in [3.05, 3.63) is 23.8 Å². The van der Waals surface area contributed by atoms with E-state index in [0.29, 0.717) is 11.6 Å². The summed E-state index contributed by atoms with van der Waals surface area (Å²) in [6, 6.07) is 6.10. The van der Waals surface area contributed by atoms with Gasteiger partial charge in [-0.05, 0) is 43.9 Å². The summed E-state index contributed by atoms with van der Waals surface area (Å²) in [6.45, 7) is 0.765. The van der Waals surface area contributed by atoms with E-state index in [1.807, 2.05) is 18.2 Å². The quantitative estimate of drug-likeness (QED) is 0.809. The number of anilines is 2. The van der Waals surface area contributed by atoms with Gasteiger partial charge in [0.25, 0.3) is 0 Å². The van der Waals surface area contributed by atoms with E-state index in [4.69, 9.17) is 4.74 Å². The summed E-state index contributed by atoms with van der Waals surface area (Å²) in [6.07, 6.45) is 3.64. The lowest BCUT2D eigenvalue weighted by atomic mass is 9.92. The van der Waals surface area contributed by atoms with Crippen LogP contribution in [0.2, 0.25) is 0 Å². The van der Waals surface area contributed by atoms with E-state index < -0.39 is 0 Å². The van der Waals surface area contributed by atoms with Crippen molar-refractivity contribution in [1.29, 1.82) is 0 Å². The number of carbonyl (C=O) groups excluding carboxylic acids is 1. The van der Waals surface area contributed by atoms with Gasteiger partial charge in [0.1, 0.15) is 0 Å². The fourth-order valence-corrected chi connectivity index (χ4v) is 3.12. The van der Waals surface area contributed by atoms with Crippen LogP contribution in [0.15, 0.2) is 18.2 Å². The van der Waals surface area contributed by atoms with E-state index in [1.165, 1.54) is 7.11 Å². The highest BCUT2D eigenvalue weighted by atomic mass is 16.5. The van der Waals surface area contributed by atoms with Crippen molar-refractivity contribution < 1.29 is 14.6 Å². The number of benzene rings is 1. The minimum absolute atomic E-state index is 0.136. The Hall–Kier alpha value is -1.75. The van der Waals surface area contributed by atoms with Crippen molar-refractivity contribution in [3.8, 4) is 0 Å². The molecule has 1 aliphatic carbocycles. The highest BCUT2D eigenvalue weighted by molar-refractivity contribution is 5.93. The van der Waals surface area contributed by atoms with E-state index in [0.717, 1.165) is 43.7 Å². The lowest BCUT2D eigenvalue weighted by Gasteiger charge is -2.34. The first-order chi connectivity index (χ1) is 9.69. The first-order valence-corrected chi connectivity index (χ1v) is 7.10. The minimum atomic E-state index is -0.311. The van der Waals surface area contributed by atoms with Crippen molar-refractivity contribution >= 4 is 17.3 Å². The molecule has 1 aliphatic heterocycles. The number of ether oxygens (including phenoxy) is 1. The standard InChI is InChI=1S/C15H20N2O3/c1-20-15(19)10-2-7-14-13(8-10)16-9-17(14)11-3-5-12(18)6-4-11/h2,7-8,11-12,16,18H,3-6,9H2,1H3. The van der Waals surface area contributed by atoms with E-state index in [9.17, 15) is 9.90 Å². The number of aliphatic hydroxyl groups is 1. The molecule has 0 atom stereocenters. The molecule has 1 aromatic rings. The zero-order valence-electron chi connectivity index (χ0n) is 11.6. The van der Waals surface area contributed by atoms with Crippen LogP contribution in [0.1, 0.15) is 36.0 Å². The zero-order chi connectivity index (χ0) is 14.1. The Morgan fingerprint density at radius 3 is 2.80 bits per heavy atom. The van der Waals surface area contributed by atoms with E-state index in [2.05, 4.69) is 10.2 Å². The fourth-order valence-electron chi connectivity index (χ4n) is 3.12. The Morgan fingerprint density at radius 2 is 2.10 bits per heavy atom.